The summed E-state index contributed by atoms with van der Waals surface area (Å²) in [5.41, 5.74) is 1.43. The van der Waals surface area contributed by atoms with Gasteiger partial charge in [0.15, 0.2) is 0 Å². The molecule has 0 unspecified atom stereocenters. The summed E-state index contributed by atoms with van der Waals surface area (Å²) in [4.78, 5) is 35.5. The number of hydrogen-bond acceptors (Lipinski definition) is 6. The molecule has 2 aromatic heterocycles. The van der Waals surface area contributed by atoms with Crippen molar-refractivity contribution in [1.82, 2.24) is 14.9 Å². The number of esters is 1. The lowest BCUT2D eigenvalue weighted by Crippen LogP contribution is -2.36. The summed E-state index contributed by atoms with van der Waals surface area (Å²) in [7, 11) is 1.35. The van der Waals surface area contributed by atoms with E-state index in [4.69, 9.17) is 0 Å². The number of amides is 1. The minimum Gasteiger partial charge on any atom is -0.469 e. The third-order valence-electron chi connectivity index (χ3n) is 3.56. The molecule has 0 fully saturated rings. The highest BCUT2D eigenvalue weighted by molar-refractivity contribution is 7.17. The molecule has 6 nitrogen and oxygen atoms in total. The van der Waals surface area contributed by atoms with Crippen LogP contribution >= 0.6 is 11.3 Å². The molecule has 0 saturated carbocycles. The van der Waals surface area contributed by atoms with Crippen LogP contribution in [0.5, 0.6) is 0 Å². The van der Waals surface area contributed by atoms with E-state index in [1.165, 1.54) is 18.4 Å². The van der Waals surface area contributed by atoms with Crippen molar-refractivity contribution in [1.29, 1.82) is 0 Å². The van der Waals surface area contributed by atoms with Crippen LogP contribution in [0.15, 0.2) is 24.4 Å². The van der Waals surface area contributed by atoms with Crippen molar-refractivity contribution in [2.24, 2.45) is 5.92 Å². The van der Waals surface area contributed by atoms with Crippen LogP contribution in [0.25, 0.3) is 10.7 Å². The number of hydrogen-bond donors (Lipinski definition) is 0. The average Bonchev–Trinajstić information content (AvgIpc) is 2.99. The maximum absolute atomic E-state index is 13.0. The maximum Gasteiger partial charge on any atom is 0.307 e. The Hall–Kier alpha value is -2.28. The number of ether oxygens (including phenoxy) is 1. The zero-order valence-electron chi connectivity index (χ0n) is 15.0. The van der Waals surface area contributed by atoms with Gasteiger partial charge in [0.1, 0.15) is 9.88 Å². The number of thiazole rings is 1. The molecular formula is C18H23N3O3S. The highest BCUT2D eigenvalue weighted by Crippen LogP contribution is 2.27. The molecule has 0 aliphatic heterocycles. The molecule has 0 atom stereocenters. The summed E-state index contributed by atoms with van der Waals surface area (Å²) in [5.74, 6) is -0.128. The molecule has 2 rings (SSSR count). The second-order valence-corrected chi connectivity index (χ2v) is 7.12. The predicted molar refractivity (Wildman–Crippen MR) is 97.5 cm³/mol. The summed E-state index contributed by atoms with van der Waals surface area (Å²) < 4.78 is 4.68. The van der Waals surface area contributed by atoms with Gasteiger partial charge in [0.25, 0.3) is 5.91 Å². The smallest absolute Gasteiger partial charge is 0.307 e. The molecule has 0 bridgehead atoms. The first-order valence-corrected chi connectivity index (χ1v) is 8.99. The fourth-order valence-corrected chi connectivity index (χ4v) is 3.39. The molecule has 0 aliphatic rings. The van der Waals surface area contributed by atoms with Gasteiger partial charge in [0.2, 0.25) is 0 Å². The number of carbonyl (C=O) groups excluding carboxylic acids is 2. The molecule has 7 heteroatoms. The Kier molecular flexibility index (Phi) is 6.64. The van der Waals surface area contributed by atoms with E-state index >= 15 is 0 Å². The lowest BCUT2D eigenvalue weighted by Gasteiger charge is -2.23. The minimum absolute atomic E-state index is 0.102. The molecule has 2 aromatic rings. The third-order valence-corrected chi connectivity index (χ3v) is 4.73. The fourth-order valence-electron chi connectivity index (χ4n) is 2.38. The van der Waals surface area contributed by atoms with Gasteiger partial charge in [-0.3, -0.25) is 14.6 Å². The van der Waals surface area contributed by atoms with Crippen LogP contribution in [-0.4, -0.2) is 46.9 Å². The fraction of sp³-hybridized carbons (Fsp3) is 0.444. The van der Waals surface area contributed by atoms with E-state index in [0.717, 1.165) is 10.7 Å². The Morgan fingerprint density at radius 3 is 2.68 bits per heavy atom. The lowest BCUT2D eigenvalue weighted by atomic mass is 10.2. The van der Waals surface area contributed by atoms with E-state index in [-0.39, 0.29) is 18.3 Å². The molecule has 0 aliphatic carbocycles. The van der Waals surface area contributed by atoms with Gasteiger partial charge in [0, 0.05) is 19.3 Å². The predicted octanol–water partition coefficient (Wildman–Crippen LogP) is 3.17. The van der Waals surface area contributed by atoms with Crippen LogP contribution in [0, 0.1) is 12.8 Å². The molecule has 0 radical (unpaired) electrons. The zero-order chi connectivity index (χ0) is 18.4. The SMILES string of the molecule is COC(=O)CCN(CC(C)C)C(=O)c1sc(-c2ccccn2)nc1C. The van der Waals surface area contributed by atoms with Gasteiger partial charge >= 0.3 is 5.97 Å². The Morgan fingerprint density at radius 2 is 2.08 bits per heavy atom. The first-order valence-electron chi connectivity index (χ1n) is 8.17. The summed E-state index contributed by atoms with van der Waals surface area (Å²) in [6.45, 7) is 6.81. The zero-order valence-corrected chi connectivity index (χ0v) is 15.8. The van der Waals surface area contributed by atoms with Gasteiger partial charge in [-0.1, -0.05) is 19.9 Å². The van der Waals surface area contributed by atoms with E-state index in [0.29, 0.717) is 29.6 Å². The Bertz CT molecular complexity index is 728. The van der Waals surface area contributed by atoms with Crippen LogP contribution < -0.4 is 0 Å². The number of rotatable bonds is 7. The van der Waals surface area contributed by atoms with Crippen molar-refractivity contribution in [2.45, 2.75) is 27.2 Å². The van der Waals surface area contributed by atoms with Crippen molar-refractivity contribution < 1.29 is 14.3 Å². The van der Waals surface area contributed by atoms with Gasteiger partial charge in [-0.2, -0.15) is 0 Å². The Morgan fingerprint density at radius 1 is 1.32 bits per heavy atom. The van der Waals surface area contributed by atoms with Crippen LogP contribution in [0.4, 0.5) is 0 Å². The molecule has 134 valence electrons. The van der Waals surface area contributed by atoms with Crippen LogP contribution in [-0.2, 0) is 9.53 Å². The van der Waals surface area contributed by atoms with E-state index in [1.54, 1.807) is 11.1 Å². The van der Waals surface area contributed by atoms with E-state index < -0.39 is 0 Å². The standard InChI is InChI=1S/C18H23N3O3S/c1-12(2)11-21(10-8-15(22)24-4)18(23)16-13(3)20-17(25-16)14-7-5-6-9-19-14/h5-7,9,12H,8,10-11H2,1-4H3. The third kappa shape index (κ3) is 5.09. The largest absolute Gasteiger partial charge is 0.469 e. The molecule has 25 heavy (non-hydrogen) atoms. The van der Waals surface area contributed by atoms with Crippen LogP contribution in [0.3, 0.4) is 0 Å². The number of methoxy groups -OCH3 is 1. The summed E-state index contributed by atoms with van der Waals surface area (Å²) in [5, 5.41) is 0.721. The Labute approximate surface area is 151 Å². The van der Waals surface area contributed by atoms with Gasteiger partial charge in [-0.25, -0.2) is 4.98 Å². The van der Waals surface area contributed by atoms with Crippen molar-refractivity contribution in [3.05, 3.63) is 35.0 Å². The van der Waals surface area contributed by atoms with Crippen LogP contribution in [0.2, 0.25) is 0 Å². The number of pyridine rings is 1. The van der Waals surface area contributed by atoms with Gasteiger partial charge in [-0.05, 0) is 25.0 Å². The van der Waals surface area contributed by atoms with Crippen molar-refractivity contribution in [3.8, 4) is 10.7 Å². The monoisotopic (exact) mass is 361 g/mol. The first-order chi connectivity index (χ1) is 11.9. The van der Waals surface area contributed by atoms with Gasteiger partial charge in [0.05, 0.1) is 24.9 Å². The quantitative estimate of drug-likeness (QED) is 0.708. The second-order valence-electron chi connectivity index (χ2n) is 6.12. The molecule has 1 amide bonds. The van der Waals surface area contributed by atoms with Crippen molar-refractivity contribution in [3.63, 3.8) is 0 Å². The molecule has 0 aromatic carbocycles. The number of aromatic nitrogens is 2. The normalized spacial score (nSPS) is 10.8. The van der Waals surface area contributed by atoms with E-state index in [1.807, 2.05) is 39.0 Å². The first kappa shape index (κ1) is 19.1. The van der Waals surface area contributed by atoms with Crippen LogP contribution in [0.1, 0.15) is 35.6 Å². The van der Waals surface area contributed by atoms with Crippen molar-refractivity contribution in [2.75, 3.05) is 20.2 Å². The summed E-state index contributed by atoms with van der Waals surface area (Å²) in [6.07, 6.45) is 1.88. The average molecular weight is 361 g/mol. The van der Waals surface area contributed by atoms with Crippen molar-refractivity contribution >= 4 is 23.2 Å². The second kappa shape index (κ2) is 8.71. The number of nitrogens with zero attached hydrogens (tertiary/aromatic N) is 3. The van der Waals surface area contributed by atoms with Gasteiger partial charge in [-0.15, -0.1) is 11.3 Å². The maximum atomic E-state index is 13.0. The Balaban J connectivity index is 2.23. The molecular weight excluding hydrogens is 338 g/mol. The molecule has 0 spiro atoms. The minimum atomic E-state index is -0.322. The highest BCUT2D eigenvalue weighted by atomic mass is 32.1. The summed E-state index contributed by atoms with van der Waals surface area (Å²) >= 11 is 1.34. The molecule has 0 saturated heterocycles. The number of carbonyl (C=O) groups is 2. The topological polar surface area (TPSA) is 72.4 Å². The van der Waals surface area contributed by atoms with E-state index in [2.05, 4.69) is 14.7 Å². The molecule has 2 heterocycles. The molecule has 0 N–H and O–H groups in total. The lowest BCUT2D eigenvalue weighted by molar-refractivity contribution is -0.140. The number of aryl methyl sites for hydroxylation is 1. The van der Waals surface area contributed by atoms with Gasteiger partial charge < -0.3 is 9.64 Å². The van der Waals surface area contributed by atoms with E-state index in [9.17, 15) is 9.59 Å². The summed E-state index contributed by atoms with van der Waals surface area (Å²) in [6, 6.07) is 5.60. The highest BCUT2D eigenvalue weighted by Gasteiger charge is 2.23.